The zero-order chi connectivity index (χ0) is 12.5. The number of amides is 1. The van der Waals surface area contributed by atoms with Crippen LogP contribution in [0.1, 0.15) is 17.4 Å². The van der Waals surface area contributed by atoms with Crippen molar-refractivity contribution in [2.75, 3.05) is 11.9 Å². The van der Waals surface area contributed by atoms with E-state index in [0.29, 0.717) is 5.82 Å². The number of aromatic nitrogens is 4. The first kappa shape index (κ1) is 11.3. The molecule has 18 heavy (non-hydrogen) atoms. The molecule has 0 saturated heterocycles. The summed E-state index contributed by atoms with van der Waals surface area (Å²) in [6.07, 6.45) is 0.912. The van der Waals surface area contributed by atoms with Crippen LogP contribution in [-0.4, -0.2) is 33.1 Å². The SMILES string of the molecule is CC(=O)Nc1sc2c(c1-c1nn[nH]n1)CCNC2. The first-order valence-corrected chi connectivity index (χ1v) is 6.44. The highest BCUT2D eigenvalue weighted by Crippen LogP contribution is 2.40. The summed E-state index contributed by atoms with van der Waals surface area (Å²) in [5, 5.41) is 21.0. The molecule has 3 heterocycles. The van der Waals surface area contributed by atoms with Gasteiger partial charge < -0.3 is 10.6 Å². The van der Waals surface area contributed by atoms with Gasteiger partial charge in [0.05, 0.1) is 5.56 Å². The van der Waals surface area contributed by atoms with Gasteiger partial charge in [0.2, 0.25) is 11.7 Å². The predicted octanol–water partition coefficient (Wildman–Crippen LogP) is 0.532. The minimum atomic E-state index is -0.0914. The lowest BCUT2D eigenvalue weighted by atomic mass is 10.0. The highest BCUT2D eigenvalue weighted by Gasteiger charge is 2.24. The molecule has 2 aromatic rings. The van der Waals surface area contributed by atoms with E-state index in [1.54, 1.807) is 11.3 Å². The maximum Gasteiger partial charge on any atom is 0.221 e. The van der Waals surface area contributed by atoms with Gasteiger partial charge in [-0.05, 0) is 23.7 Å². The Morgan fingerprint density at radius 1 is 1.50 bits per heavy atom. The molecule has 8 heteroatoms. The summed E-state index contributed by atoms with van der Waals surface area (Å²) in [4.78, 5) is 12.5. The Bertz CT molecular complexity index is 575. The van der Waals surface area contributed by atoms with Crippen molar-refractivity contribution in [3.8, 4) is 11.4 Å². The molecule has 3 rings (SSSR count). The minimum Gasteiger partial charge on any atom is -0.317 e. The van der Waals surface area contributed by atoms with E-state index in [0.717, 1.165) is 30.1 Å². The maximum absolute atomic E-state index is 11.3. The number of carbonyl (C=O) groups is 1. The van der Waals surface area contributed by atoms with E-state index in [1.165, 1.54) is 17.4 Å². The first-order chi connectivity index (χ1) is 8.75. The normalized spacial score (nSPS) is 14.3. The largest absolute Gasteiger partial charge is 0.317 e. The number of aromatic amines is 1. The molecule has 3 N–H and O–H groups in total. The molecule has 1 aliphatic heterocycles. The van der Waals surface area contributed by atoms with E-state index in [2.05, 4.69) is 31.3 Å². The first-order valence-electron chi connectivity index (χ1n) is 5.62. The Morgan fingerprint density at radius 3 is 3.11 bits per heavy atom. The second kappa shape index (κ2) is 4.46. The van der Waals surface area contributed by atoms with Gasteiger partial charge in [-0.1, -0.05) is 0 Å². The van der Waals surface area contributed by atoms with Crippen LogP contribution in [-0.2, 0) is 17.8 Å². The highest BCUT2D eigenvalue weighted by molar-refractivity contribution is 7.17. The van der Waals surface area contributed by atoms with Crippen molar-refractivity contribution in [1.29, 1.82) is 0 Å². The van der Waals surface area contributed by atoms with Crippen molar-refractivity contribution in [3.63, 3.8) is 0 Å². The van der Waals surface area contributed by atoms with Crippen molar-refractivity contribution in [2.24, 2.45) is 0 Å². The van der Waals surface area contributed by atoms with E-state index in [9.17, 15) is 4.79 Å². The Kier molecular flexibility index (Phi) is 2.80. The summed E-state index contributed by atoms with van der Waals surface area (Å²) in [5.41, 5.74) is 2.12. The molecule has 1 amide bonds. The molecule has 7 nitrogen and oxygen atoms in total. The summed E-state index contributed by atoms with van der Waals surface area (Å²) in [7, 11) is 0. The quantitative estimate of drug-likeness (QED) is 0.735. The number of rotatable bonds is 2. The Morgan fingerprint density at radius 2 is 2.39 bits per heavy atom. The smallest absolute Gasteiger partial charge is 0.221 e. The number of thiophene rings is 1. The number of fused-ring (bicyclic) bond motifs is 1. The topological polar surface area (TPSA) is 95.6 Å². The number of carbonyl (C=O) groups excluding carboxylic acids is 1. The van der Waals surface area contributed by atoms with Crippen LogP contribution in [0.15, 0.2) is 0 Å². The predicted molar refractivity (Wildman–Crippen MR) is 67.2 cm³/mol. The lowest BCUT2D eigenvalue weighted by molar-refractivity contribution is -0.114. The van der Waals surface area contributed by atoms with Gasteiger partial charge >= 0.3 is 0 Å². The van der Waals surface area contributed by atoms with Gasteiger partial charge in [-0.2, -0.15) is 5.21 Å². The molecule has 1 aliphatic rings. The third-order valence-electron chi connectivity index (χ3n) is 2.79. The molecule has 2 aromatic heterocycles. The molecule has 0 spiro atoms. The molecule has 0 atom stereocenters. The van der Waals surface area contributed by atoms with Gasteiger partial charge in [0.1, 0.15) is 5.00 Å². The summed E-state index contributed by atoms with van der Waals surface area (Å²) in [6.45, 7) is 3.25. The van der Waals surface area contributed by atoms with Crippen LogP contribution in [0.25, 0.3) is 11.4 Å². The fraction of sp³-hybridized carbons (Fsp3) is 0.400. The lowest BCUT2D eigenvalue weighted by Crippen LogP contribution is -2.22. The van der Waals surface area contributed by atoms with Crippen LogP contribution >= 0.6 is 11.3 Å². The molecular weight excluding hydrogens is 252 g/mol. The van der Waals surface area contributed by atoms with Gasteiger partial charge in [0.15, 0.2) is 0 Å². The molecule has 0 fully saturated rings. The molecule has 0 aliphatic carbocycles. The molecule has 0 bridgehead atoms. The van der Waals surface area contributed by atoms with Gasteiger partial charge in [-0.15, -0.1) is 21.5 Å². The third kappa shape index (κ3) is 1.89. The standard InChI is InChI=1S/C10H12N6OS/c1-5(17)12-10-8(9-13-15-16-14-9)6-2-3-11-4-7(6)18-10/h11H,2-4H2,1H3,(H,12,17)(H,13,14,15,16). The summed E-state index contributed by atoms with van der Waals surface area (Å²) >= 11 is 1.57. The average molecular weight is 264 g/mol. The highest BCUT2D eigenvalue weighted by atomic mass is 32.1. The molecule has 0 aromatic carbocycles. The third-order valence-corrected chi connectivity index (χ3v) is 3.93. The van der Waals surface area contributed by atoms with E-state index in [-0.39, 0.29) is 5.91 Å². The van der Waals surface area contributed by atoms with E-state index in [4.69, 9.17) is 0 Å². The van der Waals surface area contributed by atoms with Crippen molar-refractivity contribution in [1.82, 2.24) is 25.9 Å². The van der Waals surface area contributed by atoms with Gasteiger partial charge in [-0.3, -0.25) is 4.79 Å². The van der Waals surface area contributed by atoms with E-state index >= 15 is 0 Å². The summed E-state index contributed by atoms with van der Waals surface area (Å²) in [5.74, 6) is 0.449. The number of hydrogen-bond acceptors (Lipinski definition) is 6. The lowest BCUT2D eigenvalue weighted by Gasteiger charge is -2.12. The number of hydrogen-bond donors (Lipinski definition) is 3. The molecule has 0 saturated carbocycles. The minimum absolute atomic E-state index is 0.0914. The van der Waals surface area contributed by atoms with Crippen LogP contribution in [0.5, 0.6) is 0 Å². The zero-order valence-corrected chi connectivity index (χ0v) is 10.6. The van der Waals surface area contributed by atoms with Crippen molar-refractivity contribution in [2.45, 2.75) is 19.9 Å². The van der Waals surface area contributed by atoms with Crippen LogP contribution < -0.4 is 10.6 Å². The number of anilines is 1. The summed E-state index contributed by atoms with van der Waals surface area (Å²) < 4.78 is 0. The Labute approximate surface area is 107 Å². The van der Waals surface area contributed by atoms with Crippen molar-refractivity contribution in [3.05, 3.63) is 10.4 Å². The average Bonchev–Trinajstić information content (AvgIpc) is 2.93. The van der Waals surface area contributed by atoms with Gasteiger partial charge in [-0.25, -0.2) is 0 Å². The number of nitrogens with zero attached hydrogens (tertiary/aromatic N) is 3. The second-order valence-electron chi connectivity index (χ2n) is 4.05. The number of H-pyrrole nitrogens is 1. The van der Waals surface area contributed by atoms with Crippen molar-refractivity contribution < 1.29 is 4.79 Å². The number of nitrogens with one attached hydrogen (secondary N) is 3. The molecular formula is C10H12N6OS. The molecule has 94 valence electrons. The fourth-order valence-corrected chi connectivity index (χ4v) is 3.35. The van der Waals surface area contributed by atoms with Gasteiger partial charge in [0.25, 0.3) is 0 Å². The monoisotopic (exact) mass is 264 g/mol. The summed E-state index contributed by atoms with van der Waals surface area (Å²) in [6, 6.07) is 0. The number of tetrazole rings is 1. The van der Waals surface area contributed by atoms with Crippen LogP contribution in [0.3, 0.4) is 0 Å². The second-order valence-corrected chi connectivity index (χ2v) is 5.16. The van der Waals surface area contributed by atoms with Gasteiger partial charge in [0, 0.05) is 18.3 Å². The maximum atomic E-state index is 11.3. The van der Waals surface area contributed by atoms with Crippen LogP contribution in [0.4, 0.5) is 5.00 Å². The zero-order valence-electron chi connectivity index (χ0n) is 9.78. The fourth-order valence-electron chi connectivity index (χ4n) is 2.09. The van der Waals surface area contributed by atoms with Crippen molar-refractivity contribution >= 4 is 22.2 Å². The molecule has 0 radical (unpaired) electrons. The van der Waals surface area contributed by atoms with Crippen LogP contribution in [0.2, 0.25) is 0 Å². The van der Waals surface area contributed by atoms with Crippen LogP contribution in [0, 0.1) is 0 Å². The molecule has 0 unspecified atom stereocenters. The Hall–Kier alpha value is -1.80. The van der Waals surface area contributed by atoms with E-state index < -0.39 is 0 Å². The van der Waals surface area contributed by atoms with E-state index in [1.807, 2.05) is 0 Å². The Balaban J connectivity index is 2.13.